The highest BCUT2D eigenvalue weighted by Gasteiger charge is 2.30. The second-order valence-electron chi connectivity index (χ2n) is 5.75. The van der Waals surface area contributed by atoms with Gasteiger partial charge in [0, 0.05) is 38.1 Å². The first kappa shape index (κ1) is 15.4. The normalized spacial score (nSPS) is 20.7. The molecule has 0 bridgehead atoms. The molecule has 102 valence electrons. The number of hydrogen-bond acceptors (Lipinski definition) is 3. The SMILES string of the molecule is CC(C)(C)CS(=O)(=O)N1CCN(CCBr)CC1. The van der Waals surface area contributed by atoms with E-state index < -0.39 is 10.0 Å². The van der Waals surface area contributed by atoms with E-state index in [-0.39, 0.29) is 11.2 Å². The van der Waals surface area contributed by atoms with Gasteiger partial charge in [-0.2, -0.15) is 4.31 Å². The van der Waals surface area contributed by atoms with Crippen LogP contribution in [0.5, 0.6) is 0 Å². The summed E-state index contributed by atoms with van der Waals surface area (Å²) >= 11 is 3.41. The molecule has 0 amide bonds. The second kappa shape index (κ2) is 5.99. The maximum absolute atomic E-state index is 12.2. The largest absolute Gasteiger partial charge is 0.300 e. The van der Waals surface area contributed by atoms with Gasteiger partial charge in [0.05, 0.1) is 5.75 Å². The average Bonchev–Trinajstić information content (AvgIpc) is 2.15. The zero-order valence-corrected chi connectivity index (χ0v) is 13.3. The third-order valence-corrected chi connectivity index (χ3v) is 5.48. The van der Waals surface area contributed by atoms with Crippen LogP contribution in [0.15, 0.2) is 0 Å². The first-order valence-corrected chi connectivity index (χ1v) is 8.74. The van der Waals surface area contributed by atoms with Crippen LogP contribution in [0.2, 0.25) is 0 Å². The van der Waals surface area contributed by atoms with E-state index in [1.54, 1.807) is 4.31 Å². The molecule has 0 unspecified atom stereocenters. The third-order valence-electron chi connectivity index (χ3n) is 2.74. The molecule has 0 radical (unpaired) electrons. The Morgan fingerprint density at radius 1 is 1.12 bits per heavy atom. The molecule has 0 spiro atoms. The Bertz CT molecular complexity index is 330. The number of rotatable bonds is 4. The van der Waals surface area contributed by atoms with Crippen LogP contribution >= 0.6 is 15.9 Å². The number of alkyl halides is 1. The summed E-state index contributed by atoms with van der Waals surface area (Å²) in [5.41, 5.74) is -0.175. The number of nitrogens with zero attached hydrogens (tertiary/aromatic N) is 2. The van der Waals surface area contributed by atoms with Gasteiger partial charge in [-0.1, -0.05) is 36.7 Å². The Morgan fingerprint density at radius 2 is 1.65 bits per heavy atom. The minimum atomic E-state index is -3.08. The van der Waals surface area contributed by atoms with Crippen molar-refractivity contribution in [2.45, 2.75) is 20.8 Å². The highest BCUT2D eigenvalue weighted by molar-refractivity contribution is 9.09. The van der Waals surface area contributed by atoms with Crippen molar-refractivity contribution in [3.63, 3.8) is 0 Å². The van der Waals surface area contributed by atoms with Crippen LogP contribution in [0.25, 0.3) is 0 Å². The number of halogens is 1. The molecule has 0 aliphatic carbocycles. The predicted molar refractivity (Wildman–Crippen MR) is 75.0 cm³/mol. The van der Waals surface area contributed by atoms with Crippen LogP contribution in [-0.4, -0.2) is 61.4 Å². The Balaban J connectivity index is 2.53. The topological polar surface area (TPSA) is 40.6 Å². The van der Waals surface area contributed by atoms with Crippen molar-refractivity contribution in [1.82, 2.24) is 9.21 Å². The predicted octanol–water partition coefficient (Wildman–Crippen LogP) is 1.37. The van der Waals surface area contributed by atoms with Crippen LogP contribution in [0.3, 0.4) is 0 Å². The van der Waals surface area contributed by atoms with Crippen molar-refractivity contribution in [2.75, 3.05) is 43.8 Å². The van der Waals surface area contributed by atoms with Gasteiger partial charge in [0.25, 0.3) is 0 Å². The summed E-state index contributed by atoms with van der Waals surface area (Å²) in [7, 11) is -3.08. The third kappa shape index (κ3) is 5.24. The lowest BCUT2D eigenvalue weighted by Gasteiger charge is -2.35. The van der Waals surface area contributed by atoms with E-state index in [0.717, 1.165) is 25.0 Å². The molecule has 1 heterocycles. The van der Waals surface area contributed by atoms with Crippen LogP contribution < -0.4 is 0 Å². The molecule has 1 saturated heterocycles. The summed E-state index contributed by atoms with van der Waals surface area (Å²) in [6.07, 6.45) is 0. The van der Waals surface area contributed by atoms with Gasteiger partial charge in [0.15, 0.2) is 0 Å². The minimum absolute atomic E-state index is 0.175. The van der Waals surface area contributed by atoms with Crippen LogP contribution in [0.4, 0.5) is 0 Å². The quantitative estimate of drug-likeness (QED) is 0.733. The zero-order valence-electron chi connectivity index (χ0n) is 10.9. The van der Waals surface area contributed by atoms with Gasteiger partial charge in [-0.15, -0.1) is 0 Å². The fourth-order valence-corrected chi connectivity index (χ4v) is 4.49. The molecule has 0 saturated carbocycles. The molecular formula is C11H23BrN2O2S. The van der Waals surface area contributed by atoms with Crippen molar-refractivity contribution in [2.24, 2.45) is 5.41 Å². The second-order valence-corrected chi connectivity index (χ2v) is 8.51. The Hall–Kier alpha value is 0.350. The van der Waals surface area contributed by atoms with E-state index in [1.165, 1.54) is 0 Å². The zero-order chi connectivity index (χ0) is 13.1. The molecule has 0 N–H and O–H groups in total. The lowest BCUT2D eigenvalue weighted by Crippen LogP contribution is -2.50. The molecule has 1 aliphatic rings. The molecule has 0 atom stereocenters. The summed E-state index contributed by atoms with van der Waals surface area (Å²) in [6, 6.07) is 0. The maximum atomic E-state index is 12.2. The fourth-order valence-electron chi connectivity index (χ4n) is 1.99. The molecule has 17 heavy (non-hydrogen) atoms. The highest BCUT2D eigenvalue weighted by atomic mass is 79.9. The maximum Gasteiger partial charge on any atom is 0.214 e. The molecule has 0 aromatic heterocycles. The van der Waals surface area contributed by atoms with Gasteiger partial charge in [-0.05, 0) is 5.41 Å². The van der Waals surface area contributed by atoms with Gasteiger partial charge in [-0.3, -0.25) is 4.90 Å². The first-order chi connectivity index (χ1) is 7.74. The molecule has 0 aromatic carbocycles. The summed E-state index contributed by atoms with van der Waals surface area (Å²) in [5.74, 6) is 0.235. The van der Waals surface area contributed by atoms with Crippen molar-refractivity contribution in [3.8, 4) is 0 Å². The van der Waals surface area contributed by atoms with E-state index in [4.69, 9.17) is 0 Å². The van der Waals surface area contributed by atoms with Gasteiger partial charge >= 0.3 is 0 Å². The standard InChI is InChI=1S/C11H23BrN2O2S/c1-11(2,3)10-17(15,16)14-8-6-13(5-4-12)7-9-14/h4-10H2,1-3H3. The molecule has 1 rings (SSSR count). The van der Waals surface area contributed by atoms with E-state index in [0.29, 0.717) is 13.1 Å². The highest BCUT2D eigenvalue weighted by Crippen LogP contribution is 2.19. The van der Waals surface area contributed by atoms with E-state index in [2.05, 4.69) is 20.8 Å². The molecule has 1 aliphatic heterocycles. The van der Waals surface area contributed by atoms with Gasteiger partial charge in [0.2, 0.25) is 10.0 Å². The van der Waals surface area contributed by atoms with Crippen LogP contribution in [-0.2, 0) is 10.0 Å². The molecular weight excluding hydrogens is 304 g/mol. The van der Waals surface area contributed by atoms with Crippen molar-refractivity contribution >= 4 is 26.0 Å². The van der Waals surface area contributed by atoms with Crippen molar-refractivity contribution < 1.29 is 8.42 Å². The number of piperazine rings is 1. The van der Waals surface area contributed by atoms with Gasteiger partial charge in [0.1, 0.15) is 0 Å². The number of hydrogen-bond donors (Lipinski definition) is 0. The van der Waals surface area contributed by atoms with E-state index >= 15 is 0 Å². The lowest BCUT2D eigenvalue weighted by atomic mass is 10.0. The smallest absolute Gasteiger partial charge is 0.214 e. The Kier molecular flexibility index (Phi) is 5.43. The monoisotopic (exact) mass is 326 g/mol. The first-order valence-electron chi connectivity index (χ1n) is 6.01. The van der Waals surface area contributed by atoms with E-state index in [1.807, 2.05) is 20.8 Å². The lowest BCUT2D eigenvalue weighted by molar-refractivity contribution is 0.197. The summed E-state index contributed by atoms with van der Waals surface area (Å²) in [4.78, 5) is 2.29. The summed E-state index contributed by atoms with van der Waals surface area (Å²) in [6.45, 7) is 9.83. The Labute approximate surface area is 114 Å². The number of sulfonamides is 1. The van der Waals surface area contributed by atoms with Gasteiger partial charge in [-0.25, -0.2) is 8.42 Å². The van der Waals surface area contributed by atoms with Crippen LogP contribution in [0, 0.1) is 5.41 Å². The molecule has 1 fully saturated rings. The minimum Gasteiger partial charge on any atom is -0.300 e. The van der Waals surface area contributed by atoms with Crippen molar-refractivity contribution in [1.29, 1.82) is 0 Å². The molecule has 6 heteroatoms. The molecule has 4 nitrogen and oxygen atoms in total. The molecule has 0 aromatic rings. The summed E-state index contributed by atoms with van der Waals surface area (Å²) in [5, 5.41) is 0.946. The average molecular weight is 327 g/mol. The fraction of sp³-hybridized carbons (Fsp3) is 1.00. The van der Waals surface area contributed by atoms with Crippen LogP contribution in [0.1, 0.15) is 20.8 Å². The summed E-state index contributed by atoms with van der Waals surface area (Å²) < 4.78 is 26.0. The van der Waals surface area contributed by atoms with E-state index in [9.17, 15) is 8.42 Å². The van der Waals surface area contributed by atoms with Gasteiger partial charge < -0.3 is 0 Å². The van der Waals surface area contributed by atoms with Crippen molar-refractivity contribution in [3.05, 3.63) is 0 Å². The Morgan fingerprint density at radius 3 is 2.06 bits per heavy atom.